The summed E-state index contributed by atoms with van der Waals surface area (Å²) in [5.74, 6) is -0.910. The zero-order chi connectivity index (χ0) is 57.1. The highest BCUT2D eigenvalue weighted by Crippen LogP contribution is 2.16. The molecule has 0 amide bonds. The molecule has 0 fully saturated rings. The molecule has 1 unspecified atom stereocenters. The Labute approximate surface area is 487 Å². The van der Waals surface area contributed by atoms with Crippen LogP contribution in [0.1, 0.15) is 290 Å². The van der Waals surface area contributed by atoms with Crippen molar-refractivity contribution in [3.05, 3.63) is 134 Å². The van der Waals surface area contributed by atoms with Crippen LogP contribution in [0.2, 0.25) is 0 Å². The number of allylic oxidation sites excluding steroid dienone is 22. The molecule has 0 aliphatic heterocycles. The molecule has 0 rings (SSSR count). The van der Waals surface area contributed by atoms with Crippen molar-refractivity contribution >= 4 is 17.9 Å². The Bertz CT molecular complexity index is 1680. The molecule has 0 saturated heterocycles. The van der Waals surface area contributed by atoms with Crippen molar-refractivity contribution in [1.29, 1.82) is 0 Å². The van der Waals surface area contributed by atoms with Crippen LogP contribution in [0.5, 0.6) is 0 Å². The number of ether oxygens (including phenoxy) is 3. The summed E-state index contributed by atoms with van der Waals surface area (Å²) in [6.45, 7) is 6.37. The fourth-order valence-corrected chi connectivity index (χ4v) is 8.77. The predicted octanol–water partition coefficient (Wildman–Crippen LogP) is 22.5. The first-order chi connectivity index (χ1) is 39.0. The molecule has 0 aromatic rings. The van der Waals surface area contributed by atoms with Crippen LogP contribution in [0.3, 0.4) is 0 Å². The minimum Gasteiger partial charge on any atom is -0.462 e. The number of carbonyl (C=O) groups excluding carboxylic acids is 3. The SMILES string of the molecule is CC/C=C\C/C=C\C/C=C\C/C=C\C/C=C\CCCCCCCCCCCCCC(=O)OCC(COC(=O)CCCCCCC/C=C\CCCC)OC(=O)CCCCCCCCC/C=C\C/C=C\C/C=C\C/C=C\C/C=C\CC. The molecule has 0 radical (unpaired) electrons. The Kier molecular flexibility index (Phi) is 62.3. The number of carbonyl (C=O) groups is 3. The average Bonchev–Trinajstić information content (AvgIpc) is 3.45. The van der Waals surface area contributed by atoms with E-state index in [9.17, 15) is 14.4 Å². The van der Waals surface area contributed by atoms with Gasteiger partial charge >= 0.3 is 17.9 Å². The van der Waals surface area contributed by atoms with Crippen molar-refractivity contribution in [2.24, 2.45) is 0 Å². The molecule has 6 nitrogen and oxygen atoms in total. The summed E-state index contributed by atoms with van der Waals surface area (Å²) in [5.41, 5.74) is 0. The van der Waals surface area contributed by atoms with Crippen LogP contribution in [0.15, 0.2) is 134 Å². The molecule has 0 heterocycles. The Morgan fingerprint density at radius 2 is 0.494 bits per heavy atom. The minimum atomic E-state index is -0.794. The minimum absolute atomic E-state index is 0.0895. The first kappa shape index (κ1) is 74.5. The summed E-state index contributed by atoms with van der Waals surface area (Å²) in [5, 5.41) is 0. The zero-order valence-corrected chi connectivity index (χ0v) is 51.3. The summed E-state index contributed by atoms with van der Waals surface area (Å²) in [7, 11) is 0. The topological polar surface area (TPSA) is 78.9 Å². The summed E-state index contributed by atoms with van der Waals surface area (Å²) in [4.78, 5) is 38.3. The quantitative estimate of drug-likeness (QED) is 0.0261. The van der Waals surface area contributed by atoms with E-state index in [1.807, 2.05) is 0 Å². The van der Waals surface area contributed by atoms with Crippen molar-refractivity contribution in [3.8, 4) is 0 Å². The third kappa shape index (κ3) is 64.3. The molecule has 0 N–H and O–H groups in total. The second-order valence-corrected chi connectivity index (χ2v) is 21.3. The van der Waals surface area contributed by atoms with Crippen LogP contribution in [0.4, 0.5) is 0 Å². The second-order valence-electron chi connectivity index (χ2n) is 21.3. The maximum absolute atomic E-state index is 12.9. The van der Waals surface area contributed by atoms with Crippen LogP contribution in [0.25, 0.3) is 0 Å². The van der Waals surface area contributed by atoms with Gasteiger partial charge in [0.15, 0.2) is 6.10 Å². The second kappa shape index (κ2) is 66.1. The molecule has 0 saturated carbocycles. The van der Waals surface area contributed by atoms with E-state index in [-0.39, 0.29) is 31.1 Å². The fourth-order valence-electron chi connectivity index (χ4n) is 8.77. The molecule has 448 valence electrons. The van der Waals surface area contributed by atoms with Crippen LogP contribution >= 0.6 is 0 Å². The van der Waals surface area contributed by atoms with E-state index in [1.165, 1.54) is 109 Å². The standard InChI is InChI=1S/C73H120O6/c1-4-7-10-13-16-19-22-24-26-28-30-32-34-35-36-37-39-40-42-44-46-48-51-54-57-60-63-66-72(75)78-69-70(68-77-71(74)65-62-59-56-53-50-21-18-15-12-9-6-3)79-73(76)67-64-61-58-55-52-49-47-45-43-41-38-33-31-29-27-25-23-20-17-14-11-8-5-2/h7-8,10-11,15-20,24-27,30-33,35-36,41,43,70H,4-6,9,12-14,21-23,28-29,34,37-40,42,44-69H2,1-3H3/b10-7-,11-8-,18-15-,19-16-,20-17-,26-24-,27-25-,32-30-,33-31-,36-35-,43-41-. The number of hydrogen-bond donors (Lipinski definition) is 0. The normalized spacial score (nSPS) is 13.0. The Balaban J connectivity index is 4.31. The van der Waals surface area contributed by atoms with Gasteiger partial charge in [0.25, 0.3) is 0 Å². The molecular formula is C73H120O6. The molecule has 0 spiro atoms. The first-order valence-electron chi connectivity index (χ1n) is 32.7. The van der Waals surface area contributed by atoms with Crippen molar-refractivity contribution in [2.45, 2.75) is 297 Å². The number of rotatable bonds is 58. The average molecular weight is 1090 g/mol. The van der Waals surface area contributed by atoms with Crippen LogP contribution in [0, 0.1) is 0 Å². The van der Waals surface area contributed by atoms with Crippen molar-refractivity contribution < 1.29 is 28.6 Å². The lowest BCUT2D eigenvalue weighted by atomic mass is 10.0. The molecule has 0 bridgehead atoms. The zero-order valence-electron chi connectivity index (χ0n) is 51.3. The highest BCUT2D eigenvalue weighted by atomic mass is 16.6. The van der Waals surface area contributed by atoms with Gasteiger partial charge in [-0.05, 0) is 128 Å². The van der Waals surface area contributed by atoms with Crippen LogP contribution < -0.4 is 0 Å². The lowest BCUT2D eigenvalue weighted by Crippen LogP contribution is -2.30. The number of esters is 3. The number of unbranched alkanes of at least 4 members (excludes halogenated alkanes) is 25. The molecule has 6 heteroatoms. The van der Waals surface area contributed by atoms with E-state index >= 15 is 0 Å². The fraction of sp³-hybridized carbons (Fsp3) is 0.658. The Morgan fingerprint density at radius 3 is 0.785 bits per heavy atom. The largest absolute Gasteiger partial charge is 0.462 e. The van der Waals surface area contributed by atoms with E-state index in [0.29, 0.717) is 19.3 Å². The van der Waals surface area contributed by atoms with Gasteiger partial charge < -0.3 is 14.2 Å². The summed E-state index contributed by atoms with van der Waals surface area (Å²) >= 11 is 0. The van der Waals surface area contributed by atoms with Crippen LogP contribution in [-0.4, -0.2) is 37.2 Å². The maximum Gasteiger partial charge on any atom is 0.306 e. The van der Waals surface area contributed by atoms with E-state index in [0.717, 1.165) is 141 Å². The lowest BCUT2D eigenvalue weighted by Gasteiger charge is -2.18. The molecule has 79 heavy (non-hydrogen) atoms. The van der Waals surface area contributed by atoms with E-state index in [4.69, 9.17) is 14.2 Å². The lowest BCUT2D eigenvalue weighted by molar-refractivity contribution is -0.167. The molecule has 0 aliphatic rings. The third-order valence-electron chi connectivity index (χ3n) is 13.6. The molecule has 0 aliphatic carbocycles. The molecule has 1 atom stereocenters. The smallest absolute Gasteiger partial charge is 0.306 e. The predicted molar refractivity (Wildman–Crippen MR) is 343 cm³/mol. The molecule has 0 aromatic heterocycles. The van der Waals surface area contributed by atoms with E-state index in [2.05, 4.69) is 154 Å². The van der Waals surface area contributed by atoms with Gasteiger partial charge in [-0.15, -0.1) is 0 Å². The van der Waals surface area contributed by atoms with Crippen LogP contribution in [-0.2, 0) is 28.6 Å². The Hall–Kier alpha value is -4.45. The summed E-state index contributed by atoms with van der Waals surface area (Å²) < 4.78 is 16.9. The first-order valence-corrected chi connectivity index (χ1v) is 32.7. The third-order valence-corrected chi connectivity index (χ3v) is 13.6. The molecule has 0 aromatic carbocycles. The van der Waals surface area contributed by atoms with Gasteiger partial charge in [0.2, 0.25) is 0 Å². The summed E-state index contributed by atoms with van der Waals surface area (Å²) in [6, 6.07) is 0. The maximum atomic E-state index is 12.9. The van der Waals surface area contributed by atoms with Crippen molar-refractivity contribution in [2.75, 3.05) is 13.2 Å². The highest BCUT2D eigenvalue weighted by Gasteiger charge is 2.19. The monoisotopic (exact) mass is 1090 g/mol. The van der Waals surface area contributed by atoms with Gasteiger partial charge in [-0.2, -0.15) is 0 Å². The highest BCUT2D eigenvalue weighted by molar-refractivity contribution is 5.71. The van der Waals surface area contributed by atoms with E-state index in [1.54, 1.807) is 0 Å². The summed E-state index contributed by atoms with van der Waals surface area (Å²) in [6.07, 6.45) is 93.2. The van der Waals surface area contributed by atoms with Gasteiger partial charge in [-0.25, -0.2) is 0 Å². The van der Waals surface area contributed by atoms with Crippen molar-refractivity contribution in [1.82, 2.24) is 0 Å². The van der Waals surface area contributed by atoms with E-state index < -0.39 is 6.10 Å². The van der Waals surface area contributed by atoms with Gasteiger partial charge in [0.05, 0.1) is 0 Å². The van der Waals surface area contributed by atoms with Gasteiger partial charge in [0.1, 0.15) is 13.2 Å². The van der Waals surface area contributed by atoms with Gasteiger partial charge in [0, 0.05) is 19.3 Å². The number of hydrogen-bond acceptors (Lipinski definition) is 6. The van der Waals surface area contributed by atoms with Crippen molar-refractivity contribution in [3.63, 3.8) is 0 Å². The van der Waals surface area contributed by atoms with Gasteiger partial charge in [-0.1, -0.05) is 276 Å². The van der Waals surface area contributed by atoms with Gasteiger partial charge in [-0.3, -0.25) is 14.4 Å². The Morgan fingerprint density at radius 1 is 0.266 bits per heavy atom. The molecular weight excluding hydrogens is 973 g/mol.